The van der Waals surface area contributed by atoms with Gasteiger partial charge in [-0.2, -0.15) is 0 Å². The molecule has 0 aliphatic carbocycles. The van der Waals surface area contributed by atoms with Crippen LogP contribution in [0.25, 0.3) is 10.6 Å². The van der Waals surface area contributed by atoms with Crippen molar-refractivity contribution in [2.45, 2.75) is 12.5 Å². The first-order valence-electron chi connectivity index (χ1n) is 8.11. The van der Waals surface area contributed by atoms with Crippen molar-refractivity contribution in [1.29, 1.82) is 0 Å². The number of methoxy groups -OCH3 is 1. The molecular weight excluding hydrogens is 348 g/mol. The zero-order valence-electron chi connectivity index (χ0n) is 14.2. The zero-order valence-corrected chi connectivity index (χ0v) is 15.0. The molecule has 0 aliphatic rings. The maximum Gasteiger partial charge on any atom is 0.307 e. The molecule has 1 amide bonds. The van der Waals surface area contributed by atoms with E-state index in [2.05, 4.69) is 10.3 Å². The van der Waals surface area contributed by atoms with Crippen molar-refractivity contribution in [3.8, 4) is 10.6 Å². The van der Waals surface area contributed by atoms with Crippen molar-refractivity contribution < 1.29 is 14.3 Å². The van der Waals surface area contributed by atoms with Crippen LogP contribution in [0.15, 0.2) is 66.0 Å². The van der Waals surface area contributed by atoms with E-state index in [0.29, 0.717) is 5.69 Å². The molecule has 6 heteroatoms. The Morgan fingerprint density at radius 2 is 1.73 bits per heavy atom. The number of benzene rings is 2. The third-order valence-corrected chi connectivity index (χ3v) is 4.75. The number of nitrogens with zero attached hydrogens (tertiary/aromatic N) is 1. The van der Waals surface area contributed by atoms with E-state index in [4.69, 9.17) is 4.74 Å². The van der Waals surface area contributed by atoms with E-state index in [-0.39, 0.29) is 18.3 Å². The SMILES string of the molecule is COC(=O)C[C@H](NC(=O)c1csc(-c2ccccc2)n1)c1ccccc1. The Labute approximate surface area is 155 Å². The second kappa shape index (κ2) is 8.40. The molecule has 0 spiro atoms. The zero-order chi connectivity index (χ0) is 18.4. The van der Waals surface area contributed by atoms with Crippen LogP contribution in [0.2, 0.25) is 0 Å². The number of nitrogens with one attached hydrogen (secondary N) is 1. The molecule has 0 unspecified atom stereocenters. The van der Waals surface area contributed by atoms with Gasteiger partial charge >= 0.3 is 5.97 Å². The van der Waals surface area contributed by atoms with Crippen LogP contribution in [0.3, 0.4) is 0 Å². The second-order valence-electron chi connectivity index (χ2n) is 5.62. The molecule has 0 radical (unpaired) electrons. The number of thiazole rings is 1. The Bertz CT molecular complexity index is 878. The van der Waals surface area contributed by atoms with Gasteiger partial charge in [0, 0.05) is 10.9 Å². The minimum Gasteiger partial charge on any atom is -0.469 e. The maximum atomic E-state index is 12.6. The molecule has 0 saturated carbocycles. The van der Waals surface area contributed by atoms with Crippen LogP contribution in [-0.2, 0) is 9.53 Å². The average molecular weight is 366 g/mol. The highest BCUT2D eigenvalue weighted by molar-refractivity contribution is 7.13. The molecule has 5 nitrogen and oxygen atoms in total. The monoisotopic (exact) mass is 366 g/mol. The molecule has 0 aliphatic heterocycles. The average Bonchev–Trinajstić information content (AvgIpc) is 3.19. The van der Waals surface area contributed by atoms with Crippen LogP contribution in [0.5, 0.6) is 0 Å². The molecule has 3 aromatic rings. The molecule has 1 heterocycles. The van der Waals surface area contributed by atoms with E-state index in [1.54, 1.807) is 5.38 Å². The van der Waals surface area contributed by atoms with E-state index < -0.39 is 6.04 Å². The van der Waals surface area contributed by atoms with Crippen molar-refractivity contribution in [2.24, 2.45) is 0 Å². The number of aromatic nitrogens is 1. The summed E-state index contributed by atoms with van der Waals surface area (Å²) in [7, 11) is 1.33. The summed E-state index contributed by atoms with van der Waals surface area (Å²) in [5.74, 6) is -0.705. The summed E-state index contributed by atoms with van der Waals surface area (Å²) in [6, 6.07) is 18.6. The van der Waals surface area contributed by atoms with E-state index in [1.165, 1.54) is 18.4 Å². The summed E-state index contributed by atoms with van der Waals surface area (Å²) >= 11 is 1.41. The van der Waals surface area contributed by atoms with Gasteiger partial charge in [0.05, 0.1) is 19.6 Å². The molecule has 26 heavy (non-hydrogen) atoms. The van der Waals surface area contributed by atoms with Crippen LogP contribution in [0.4, 0.5) is 0 Å². The fourth-order valence-corrected chi connectivity index (χ4v) is 3.32. The highest BCUT2D eigenvalue weighted by Crippen LogP contribution is 2.24. The summed E-state index contributed by atoms with van der Waals surface area (Å²) in [6.07, 6.45) is 0.0575. The number of rotatable bonds is 6. The number of hydrogen-bond acceptors (Lipinski definition) is 5. The van der Waals surface area contributed by atoms with Crippen molar-refractivity contribution in [3.05, 3.63) is 77.3 Å². The summed E-state index contributed by atoms with van der Waals surface area (Å²) in [5.41, 5.74) is 2.13. The Kier molecular flexibility index (Phi) is 5.76. The topological polar surface area (TPSA) is 68.3 Å². The van der Waals surface area contributed by atoms with Crippen molar-refractivity contribution in [3.63, 3.8) is 0 Å². The van der Waals surface area contributed by atoms with Gasteiger partial charge in [0.15, 0.2) is 0 Å². The quantitative estimate of drug-likeness (QED) is 0.673. The van der Waals surface area contributed by atoms with Gasteiger partial charge < -0.3 is 10.1 Å². The van der Waals surface area contributed by atoms with Gasteiger partial charge in [-0.05, 0) is 5.56 Å². The van der Waals surface area contributed by atoms with Crippen LogP contribution >= 0.6 is 11.3 Å². The van der Waals surface area contributed by atoms with Crippen LogP contribution in [0.1, 0.15) is 28.5 Å². The van der Waals surface area contributed by atoms with Crippen LogP contribution in [0, 0.1) is 0 Å². The molecule has 0 saturated heterocycles. The standard InChI is InChI=1S/C20H18N2O3S/c1-25-18(23)12-16(14-8-4-2-5-9-14)21-19(24)17-13-26-20(22-17)15-10-6-3-7-11-15/h2-11,13,16H,12H2,1H3,(H,21,24)/t16-/m0/s1. The van der Waals surface area contributed by atoms with Crippen molar-refractivity contribution >= 4 is 23.2 Å². The molecule has 3 rings (SSSR count). The number of esters is 1. The normalized spacial score (nSPS) is 11.6. The van der Waals surface area contributed by atoms with Gasteiger partial charge in [-0.15, -0.1) is 11.3 Å². The predicted molar refractivity (Wildman–Crippen MR) is 101 cm³/mol. The summed E-state index contributed by atoms with van der Waals surface area (Å²) in [4.78, 5) is 28.8. The largest absolute Gasteiger partial charge is 0.469 e. The van der Waals surface area contributed by atoms with E-state index in [9.17, 15) is 9.59 Å². The van der Waals surface area contributed by atoms with Gasteiger partial charge in [-0.1, -0.05) is 60.7 Å². The van der Waals surface area contributed by atoms with E-state index in [1.807, 2.05) is 60.7 Å². The molecule has 1 atom stereocenters. The minimum atomic E-state index is -0.474. The first-order valence-corrected chi connectivity index (χ1v) is 8.99. The van der Waals surface area contributed by atoms with E-state index >= 15 is 0 Å². The summed E-state index contributed by atoms with van der Waals surface area (Å²) in [5, 5.41) is 5.38. The highest BCUT2D eigenvalue weighted by Gasteiger charge is 2.21. The molecule has 2 aromatic carbocycles. The number of hydrogen-bond donors (Lipinski definition) is 1. The van der Waals surface area contributed by atoms with E-state index in [0.717, 1.165) is 16.1 Å². The smallest absolute Gasteiger partial charge is 0.307 e. The fraction of sp³-hybridized carbons (Fsp3) is 0.150. The lowest BCUT2D eigenvalue weighted by molar-refractivity contribution is -0.141. The van der Waals surface area contributed by atoms with Crippen molar-refractivity contribution in [2.75, 3.05) is 7.11 Å². The Morgan fingerprint density at radius 1 is 1.08 bits per heavy atom. The molecule has 1 N–H and O–H groups in total. The third kappa shape index (κ3) is 4.34. The van der Waals surface area contributed by atoms with Gasteiger partial charge in [-0.25, -0.2) is 4.98 Å². The Morgan fingerprint density at radius 3 is 2.38 bits per heavy atom. The lowest BCUT2D eigenvalue weighted by Gasteiger charge is -2.17. The second-order valence-corrected chi connectivity index (χ2v) is 6.48. The highest BCUT2D eigenvalue weighted by atomic mass is 32.1. The first-order chi connectivity index (χ1) is 12.7. The molecular formula is C20H18N2O3S. The summed E-state index contributed by atoms with van der Waals surface area (Å²) in [6.45, 7) is 0. The number of amides is 1. The number of carbonyl (C=O) groups is 2. The Balaban J connectivity index is 1.77. The first kappa shape index (κ1) is 17.8. The van der Waals surface area contributed by atoms with Gasteiger partial charge in [0.1, 0.15) is 10.7 Å². The van der Waals surface area contributed by atoms with Gasteiger partial charge in [0.2, 0.25) is 0 Å². The third-order valence-electron chi connectivity index (χ3n) is 3.86. The predicted octanol–water partition coefficient (Wildman–Crippen LogP) is 3.84. The van der Waals surface area contributed by atoms with Gasteiger partial charge in [0.25, 0.3) is 5.91 Å². The fourth-order valence-electron chi connectivity index (χ4n) is 2.51. The lowest BCUT2D eigenvalue weighted by atomic mass is 10.0. The maximum absolute atomic E-state index is 12.6. The van der Waals surface area contributed by atoms with Gasteiger partial charge in [-0.3, -0.25) is 9.59 Å². The molecule has 0 fully saturated rings. The van der Waals surface area contributed by atoms with Crippen LogP contribution in [-0.4, -0.2) is 24.0 Å². The molecule has 132 valence electrons. The summed E-state index contributed by atoms with van der Waals surface area (Å²) < 4.78 is 4.75. The molecule has 0 bridgehead atoms. The number of ether oxygens (including phenoxy) is 1. The van der Waals surface area contributed by atoms with Crippen molar-refractivity contribution in [1.82, 2.24) is 10.3 Å². The molecule has 1 aromatic heterocycles. The number of carbonyl (C=O) groups excluding carboxylic acids is 2. The van der Waals surface area contributed by atoms with Crippen LogP contribution < -0.4 is 5.32 Å². The lowest BCUT2D eigenvalue weighted by Crippen LogP contribution is -2.30. The minimum absolute atomic E-state index is 0.0575. The Hall–Kier alpha value is -2.99.